The molecule has 0 atom stereocenters. The third-order valence-corrected chi connectivity index (χ3v) is 3.26. The van der Waals surface area contributed by atoms with Crippen LogP contribution < -0.4 is 10.1 Å². The van der Waals surface area contributed by atoms with Crippen molar-refractivity contribution in [2.24, 2.45) is 0 Å². The fourth-order valence-corrected chi connectivity index (χ4v) is 2.10. The van der Waals surface area contributed by atoms with Crippen molar-refractivity contribution < 1.29 is 13.9 Å². The van der Waals surface area contributed by atoms with Crippen molar-refractivity contribution in [2.45, 2.75) is 0 Å². The molecule has 104 valence electrons. The van der Waals surface area contributed by atoms with Gasteiger partial charge in [0.1, 0.15) is 18.2 Å². The van der Waals surface area contributed by atoms with Crippen LogP contribution in [0.25, 0.3) is 0 Å². The number of hydrogen-bond acceptors (Lipinski definition) is 2. The lowest BCUT2D eigenvalue weighted by molar-refractivity contribution is 0.0946. The van der Waals surface area contributed by atoms with Crippen LogP contribution in [0.2, 0.25) is 0 Å². The van der Waals surface area contributed by atoms with Crippen LogP contribution in [0.15, 0.2) is 53.0 Å². The van der Waals surface area contributed by atoms with Gasteiger partial charge in [-0.2, -0.15) is 0 Å². The number of carbonyl (C=O) groups excluding carboxylic acids is 1. The van der Waals surface area contributed by atoms with Crippen molar-refractivity contribution in [1.82, 2.24) is 5.32 Å². The van der Waals surface area contributed by atoms with E-state index < -0.39 is 0 Å². The Morgan fingerprint density at radius 3 is 2.75 bits per heavy atom. The van der Waals surface area contributed by atoms with E-state index in [1.54, 1.807) is 30.3 Å². The molecular formula is C15H13BrFNO2. The summed E-state index contributed by atoms with van der Waals surface area (Å²) < 4.78 is 19.0. The molecule has 0 aliphatic carbocycles. The Balaban J connectivity index is 1.79. The maximum Gasteiger partial charge on any atom is 0.252 e. The van der Waals surface area contributed by atoms with Gasteiger partial charge >= 0.3 is 0 Å². The fraction of sp³-hybridized carbons (Fsp3) is 0.133. The minimum absolute atomic E-state index is 0.180. The van der Waals surface area contributed by atoms with E-state index in [0.29, 0.717) is 17.9 Å². The molecule has 0 aromatic heterocycles. The summed E-state index contributed by atoms with van der Waals surface area (Å²) in [6.07, 6.45) is 0. The van der Waals surface area contributed by atoms with E-state index >= 15 is 0 Å². The van der Waals surface area contributed by atoms with Crippen LogP contribution >= 0.6 is 15.9 Å². The molecular weight excluding hydrogens is 325 g/mol. The second kappa shape index (κ2) is 7.05. The average molecular weight is 338 g/mol. The summed E-state index contributed by atoms with van der Waals surface area (Å²) >= 11 is 3.32. The summed E-state index contributed by atoms with van der Waals surface area (Å²) in [5.74, 6) is -0.0831. The number of rotatable bonds is 5. The molecule has 0 spiro atoms. The highest BCUT2D eigenvalue weighted by molar-refractivity contribution is 9.10. The van der Waals surface area contributed by atoms with Gasteiger partial charge in [-0.15, -0.1) is 0 Å². The maximum absolute atomic E-state index is 12.9. The van der Waals surface area contributed by atoms with Gasteiger partial charge in [-0.25, -0.2) is 4.39 Å². The van der Waals surface area contributed by atoms with Gasteiger partial charge in [0.15, 0.2) is 0 Å². The molecule has 0 unspecified atom stereocenters. The Hall–Kier alpha value is -1.88. The van der Waals surface area contributed by atoms with Crippen LogP contribution in [0.3, 0.4) is 0 Å². The summed E-state index contributed by atoms with van der Waals surface area (Å²) in [6, 6.07) is 13.1. The monoisotopic (exact) mass is 337 g/mol. The molecule has 2 aromatic carbocycles. The second-order valence-electron chi connectivity index (χ2n) is 4.04. The van der Waals surface area contributed by atoms with Gasteiger partial charge < -0.3 is 10.1 Å². The third-order valence-electron chi connectivity index (χ3n) is 2.57. The predicted molar refractivity (Wildman–Crippen MR) is 78.4 cm³/mol. The zero-order valence-corrected chi connectivity index (χ0v) is 12.2. The highest BCUT2D eigenvalue weighted by Gasteiger charge is 2.08. The van der Waals surface area contributed by atoms with E-state index in [9.17, 15) is 9.18 Å². The number of amides is 1. The van der Waals surface area contributed by atoms with E-state index in [4.69, 9.17) is 4.74 Å². The molecule has 3 nitrogen and oxygen atoms in total. The minimum Gasteiger partial charge on any atom is -0.492 e. The molecule has 5 heteroatoms. The maximum atomic E-state index is 12.9. The number of carbonyl (C=O) groups is 1. The summed E-state index contributed by atoms with van der Waals surface area (Å²) in [5.41, 5.74) is 0.568. The molecule has 20 heavy (non-hydrogen) atoms. The molecule has 0 heterocycles. The second-order valence-corrected chi connectivity index (χ2v) is 4.90. The fourth-order valence-electron chi connectivity index (χ4n) is 1.63. The van der Waals surface area contributed by atoms with E-state index in [2.05, 4.69) is 21.2 Å². The minimum atomic E-state index is -0.347. The molecule has 1 amide bonds. The normalized spacial score (nSPS) is 10.1. The molecule has 0 bridgehead atoms. The van der Waals surface area contributed by atoms with Gasteiger partial charge in [-0.05, 0) is 40.2 Å². The van der Waals surface area contributed by atoms with Crippen molar-refractivity contribution in [2.75, 3.05) is 13.2 Å². The van der Waals surface area contributed by atoms with Gasteiger partial charge in [0, 0.05) is 10.5 Å². The first-order valence-corrected chi connectivity index (χ1v) is 6.87. The van der Waals surface area contributed by atoms with Crippen LogP contribution in [0, 0.1) is 5.82 Å². The number of ether oxygens (including phenoxy) is 1. The molecule has 0 saturated carbocycles. The summed E-state index contributed by atoms with van der Waals surface area (Å²) in [6.45, 7) is 0.621. The zero-order valence-electron chi connectivity index (χ0n) is 10.6. The summed E-state index contributed by atoms with van der Waals surface area (Å²) in [5, 5.41) is 2.74. The Morgan fingerprint density at radius 1 is 1.20 bits per heavy atom. The van der Waals surface area contributed by atoms with Gasteiger partial charge in [0.25, 0.3) is 5.91 Å². The highest BCUT2D eigenvalue weighted by Crippen LogP contribution is 2.15. The lowest BCUT2D eigenvalue weighted by Crippen LogP contribution is -2.28. The van der Waals surface area contributed by atoms with Crippen molar-refractivity contribution >= 4 is 21.8 Å². The standard InChI is InChI=1S/C15H13BrFNO2/c16-14-7-2-1-6-13(14)15(19)18-8-9-20-12-5-3-4-11(17)10-12/h1-7,10H,8-9H2,(H,18,19). The van der Waals surface area contributed by atoms with Gasteiger partial charge in [-0.1, -0.05) is 18.2 Å². The lowest BCUT2D eigenvalue weighted by Gasteiger charge is -2.08. The van der Waals surface area contributed by atoms with E-state index in [1.807, 2.05) is 6.07 Å². The van der Waals surface area contributed by atoms with Crippen LogP contribution in [0.1, 0.15) is 10.4 Å². The first-order valence-electron chi connectivity index (χ1n) is 6.08. The molecule has 0 saturated heterocycles. The smallest absolute Gasteiger partial charge is 0.252 e. The summed E-state index contributed by atoms with van der Waals surface area (Å²) in [7, 11) is 0. The topological polar surface area (TPSA) is 38.3 Å². The van der Waals surface area contributed by atoms with Crippen LogP contribution in [-0.4, -0.2) is 19.1 Å². The molecule has 0 aliphatic heterocycles. The van der Waals surface area contributed by atoms with Crippen LogP contribution in [0.4, 0.5) is 4.39 Å². The molecule has 1 N–H and O–H groups in total. The number of hydrogen-bond donors (Lipinski definition) is 1. The molecule has 0 radical (unpaired) electrons. The Morgan fingerprint density at radius 2 is 2.00 bits per heavy atom. The first kappa shape index (κ1) is 14.5. The Labute approximate surface area is 124 Å². The average Bonchev–Trinajstić information content (AvgIpc) is 2.44. The van der Waals surface area contributed by atoms with E-state index in [0.717, 1.165) is 4.47 Å². The van der Waals surface area contributed by atoms with Crippen molar-refractivity contribution in [3.05, 3.63) is 64.4 Å². The van der Waals surface area contributed by atoms with Gasteiger partial charge in [0.2, 0.25) is 0 Å². The number of nitrogens with one attached hydrogen (secondary N) is 1. The first-order chi connectivity index (χ1) is 9.66. The third kappa shape index (κ3) is 4.06. The van der Waals surface area contributed by atoms with Crippen LogP contribution in [-0.2, 0) is 0 Å². The molecule has 2 aromatic rings. The quantitative estimate of drug-likeness (QED) is 0.849. The lowest BCUT2D eigenvalue weighted by atomic mass is 10.2. The van der Waals surface area contributed by atoms with Crippen molar-refractivity contribution in [3.8, 4) is 5.75 Å². The van der Waals surface area contributed by atoms with Gasteiger partial charge in [0.05, 0.1) is 12.1 Å². The van der Waals surface area contributed by atoms with E-state index in [1.165, 1.54) is 12.1 Å². The van der Waals surface area contributed by atoms with Crippen molar-refractivity contribution in [3.63, 3.8) is 0 Å². The largest absolute Gasteiger partial charge is 0.492 e. The SMILES string of the molecule is O=C(NCCOc1cccc(F)c1)c1ccccc1Br. The Kier molecular flexibility index (Phi) is 5.12. The van der Waals surface area contributed by atoms with Gasteiger partial charge in [-0.3, -0.25) is 4.79 Å². The van der Waals surface area contributed by atoms with E-state index in [-0.39, 0.29) is 18.3 Å². The number of halogens is 2. The predicted octanol–water partition coefficient (Wildman–Crippen LogP) is 3.40. The number of benzene rings is 2. The summed E-state index contributed by atoms with van der Waals surface area (Å²) in [4.78, 5) is 11.9. The molecule has 0 aliphatic rings. The Bertz CT molecular complexity index is 604. The van der Waals surface area contributed by atoms with Crippen molar-refractivity contribution in [1.29, 1.82) is 0 Å². The van der Waals surface area contributed by atoms with Crippen LogP contribution in [0.5, 0.6) is 5.75 Å². The molecule has 2 rings (SSSR count). The highest BCUT2D eigenvalue weighted by atomic mass is 79.9. The zero-order chi connectivity index (χ0) is 14.4. The molecule has 0 fully saturated rings.